The number of methoxy groups -OCH3 is 2. The molecular formula is C20H27N2O4S+. The van der Waals surface area contributed by atoms with Crippen molar-refractivity contribution in [2.75, 3.05) is 33.9 Å². The van der Waals surface area contributed by atoms with Gasteiger partial charge in [-0.3, -0.25) is 4.79 Å². The second-order valence-corrected chi connectivity index (χ2v) is 7.52. The molecule has 1 N–H and O–H groups in total. The molecule has 2 heterocycles. The van der Waals surface area contributed by atoms with Gasteiger partial charge in [0.05, 0.1) is 39.8 Å². The van der Waals surface area contributed by atoms with Gasteiger partial charge in [0.1, 0.15) is 17.2 Å². The molecule has 27 heavy (non-hydrogen) atoms. The molecular weight excluding hydrogens is 364 g/mol. The Labute approximate surface area is 164 Å². The molecule has 0 saturated carbocycles. The average Bonchev–Trinajstić information content (AvgIpc) is 3.16. The Kier molecular flexibility index (Phi) is 6.68. The minimum atomic E-state index is -0.0408. The number of likely N-dealkylation sites (tertiary alicyclic amines) is 1. The molecule has 6 nitrogen and oxygen atoms in total. The van der Waals surface area contributed by atoms with Crippen LogP contribution < -0.4 is 14.4 Å². The van der Waals surface area contributed by atoms with Crippen LogP contribution in [0.15, 0.2) is 23.6 Å². The molecule has 146 valence electrons. The fourth-order valence-corrected chi connectivity index (χ4v) is 4.26. The monoisotopic (exact) mass is 391 g/mol. The summed E-state index contributed by atoms with van der Waals surface area (Å²) in [5.41, 5.74) is 2.12. The van der Waals surface area contributed by atoms with Crippen molar-refractivity contribution < 1.29 is 23.9 Å². The lowest BCUT2D eigenvalue weighted by Gasteiger charge is -2.27. The summed E-state index contributed by atoms with van der Waals surface area (Å²) in [5.74, 6) is 1.44. The number of esters is 1. The van der Waals surface area contributed by atoms with Gasteiger partial charge in [-0.1, -0.05) is 0 Å². The number of carbonyl (C=O) groups is 1. The molecule has 3 rings (SSSR count). The highest BCUT2D eigenvalue weighted by atomic mass is 32.1. The van der Waals surface area contributed by atoms with Gasteiger partial charge in [0, 0.05) is 23.8 Å². The topological polar surface area (TPSA) is 62.1 Å². The molecule has 1 fully saturated rings. The van der Waals surface area contributed by atoms with E-state index in [4.69, 9.17) is 19.2 Å². The van der Waals surface area contributed by atoms with Gasteiger partial charge in [-0.05, 0) is 25.1 Å². The molecule has 1 aromatic heterocycles. The number of rotatable bonds is 7. The Bertz CT molecular complexity index is 769. The second kappa shape index (κ2) is 9.19. The van der Waals surface area contributed by atoms with Gasteiger partial charge in [0.2, 0.25) is 0 Å². The Hall–Kier alpha value is -2.12. The number of thiazole rings is 1. The molecule has 0 unspecified atom stereocenters. The summed E-state index contributed by atoms with van der Waals surface area (Å²) in [7, 11) is 3.27. The highest BCUT2D eigenvalue weighted by Gasteiger charge is 2.28. The number of piperidine rings is 1. The average molecular weight is 392 g/mol. The van der Waals surface area contributed by atoms with Crippen molar-refractivity contribution in [3.8, 4) is 22.1 Å². The predicted octanol–water partition coefficient (Wildman–Crippen LogP) is 2.19. The highest BCUT2D eigenvalue weighted by Crippen LogP contribution is 2.33. The van der Waals surface area contributed by atoms with E-state index in [0.29, 0.717) is 18.1 Å². The molecule has 0 amide bonds. The van der Waals surface area contributed by atoms with Crippen LogP contribution in [-0.4, -0.2) is 44.9 Å². The van der Waals surface area contributed by atoms with Crippen molar-refractivity contribution >= 4 is 17.3 Å². The summed E-state index contributed by atoms with van der Waals surface area (Å²) in [6, 6.07) is 5.86. The van der Waals surface area contributed by atoms with Gasteiger partial charge in [0.25, 0.3) is 0 Å². The molecule has 7 heteroatoms. The van der Waals surface area contributed by atoms with Crippen LogP contribution in [0, 0.1) is 5.92 Å². The molecule has 0 spiro atoms. The molecule has 0 aliphatic carbocycles. The number of aromatic nitrogens is 1. The van der Waals surface area contributed by atoms with Gasteiger partial charge >= 0.3 is 5.97 Å². The Morgan fingerprint density at radius 1 is 1.22 bits per heavy atom. The van der Waals surface area contributed by atoms with Crippen molar-refractivity contribution in [2.24, 2.45) is 5.92 Å². The number of hydrogen-bond acceptors (Lipinski definition) is 6. The van der Waals surface area contributed by atoms with Crippen LogP contribution >= 0.6 is 11.3 Å². The van der Waals surface area contributed by atoms with E-state index in [1.54, 1.807) is 25.6 Å². The third-order valence-corrected chi connectivity index (χ3v) is 5.87. The van der Waals surface area contributed by atoms with Crippen molar-refractivity contribution in [3.05, 3.63) is 29.3 Å². The fraction of sp³-hybridized carbons (Fsp3) is 0.500. The maximum absolute atomic E-state index is 11.9. The van der Waals surface area contributed by atoms with E-state index in [-0.39, 0.29) is 11.9 Å². The lowest BCUT2D eigenvalue weighted by Crippen LogP contribution is -3.11. The number of ether oxygens (including phenoxy) is 3. The third-order valence-electron chi connectivity index (χ3n) is 4.93. The molecule has 1 aromatic carbocycles. The molecule has 0 radical (unpaired) electrons. The molecule has 2 aromatic rings. The van der Waals surface area contributed by atoms with Crippen molar-refractivity contribution in [1.82, 2.24) is 4.98 Å². The zero-order valence-electron chi connectivity index (χ0n) is 16.1. The Morgan fingerprint density at radius 3 is 2.63 bits per heavy atom. The smallest absolute Gasteiger partial charge is 0.309 e. The predicted molar refractivity (Wildman–Crippen MR) is 104 cm³/mol. The fourth-order valence-electron chi connectivity index (χ4n) is 3.44. The maximum Gasteiger partial charge on any atom is 0.309 e. The Balaban J connectivity index is 1.60. The van der Waals surface area contributed by atoms with Crippen LogP contribution in [0.3, 0.4) is 0 Å². The van der Waals surface area contributed by atoms with Gasteiger partial charge in [-0.15, -0.1) is 11.3 Å². The summed E-state index contributed by atoms with van der Waals surface area (Å²) in [6.07, 6.45) is 1.78. The first-order chi connectivity index (χ1) is 13.1. The molecule has 1 aliphatic rings. The number of hydrogen-bond donors (Lipinski definition) is 1. The number of nitrogens with one attached hydrogen (secondary N) is 1. The van der Waals surface area contributed by atoms with E-state index in [1.165, 1.54) is 4.90 Å². The van der Waals surface area contributed by atoms with Crippen molar-refractivity contribution in [1.29, 1.82) is 0 Å². The van der Waals surface area contributed by atoms with Gasteiger partial charge < -0.3 is 19.1 Å². The van der Waals surface area contributed by atoms with E-state index in [1.807, 2.05) is 25.1 Å². The number of carbonyl (C=O) groups excluding carboxylic acids is 1. The molecule has 1 saturated heterocycles. The minimum absolute atomic E-state index is 0.0408. The largest absolute Gasteiger partial charge is 0.493 e. The quantitative estimate of drug-likeness (QED) is 0.733. The van der Waals surface area contributed by atoms with Crippen LogP contribution in [0.1, 0.15) is 25.5 Å². The normalized spacial score (nSPS) is 19.5. The van der Waals surface area contributed by atoms with Gasteiger partial charge in [-0.25, -0.2) is 4.98 Å². The van der Waals surface area contributed by atoms with E-state index >= 15 is 0 Å². The van der Waals surface area contributed by atoms with E-state index in [2.05, 4.69) is 5.38 Å². The van der Waals surface area contributed by atoms with E-state index in [0.717, 1.165) is 48.7 Å². The summed E-state index contributed by atoms with van der Waals surface area (Å²) in [6.45, 7) is 5.17. The zero-order chi connectivity index (χ0) is 19.2. The molecule has 0 atom stereocenters. The number of quaternary nitrogens is 1. The highest BCUT2D eigenvalue weighted by molar-refractivity contribution is 7.13. The molecule has 0 bridgehead atoms. The second-order valence-electron chi connectivity index (χ2n) is 6.67. The van der Waals surface area contributed by atoms with Gasteiger partial charge in [-0.2, -0.15) is 0 Å². The minimum Gasteiger partial charge on any atom is -0.493 e. The first-order valence-corrected chi connectivity index (χ1v) is 10.2. The number of nitrogens with zero attached hydrogens (tertiary/aromatic N) is 1. The van der Waals surface area contributed by atoms with Crippen LogP contribution in [0.25, 0.3) is 10.6 Å². The first-order valence-electron chi connectivity index (χ1n) is 9.31. The third kappa shape index (κ3) is 4.78. The Morgan fingerprint density at radius 2 is 1.96 bits per heavy atom. The van der Waals surface area contributed by atoms with Crippen LogP contribution in [-0.2, 0) is 16.1 Å². The van der Waals surface area contributed by atoms with Crippen LogP contribution in [0.4, 0.5) is 0 Å². The van der Waals surface area contributed by atoms with Crippen LogP contribution in [0.2, 0.25) is 0 Å². The summed E-state index contributed by atoms with van der Waals surface area (Å²) < 4.78 is 15.8. The summed E-state index contributed by atoms with van der Waals surface area (Å²) >= 11 is 1.64. The van der Waals surface area contributed by atoms with Gasteiger partial charge in [0.15, 0.2) is 11.5 Å². The lowest BCUT2D eigenvalue weighted by molar-refractivity contribution is -0.919. The summed E-state index contributed by atoms with van der Waals surface area (Å²) in [4.78, 5) is 18.1. The zero-order valence-corrected chi connectivity index (χ0v) is 16.9. The number of benzene rings is 1. The maximum atomic E-state index is 11.9. The van der Waals surface area contributed by atoms with E-state index in [9.17, 15) is 4.79 Å². The molecule has 1 aliphatic heterocycles. The lowest BCUT2D eigenvalue weighted by atomic mass is 9.97. The van der Waals surface area contributed by atoms with E-state index < -0.39 is 0 Å². The first kappa shape index (κ1) is 19.6. The van der Waals surface area contributed by atoms with Crippen molar-refractivity contribution in [3.63, 3.8) is 0 Å². The summed E-state index contributed by atoms with van der Waals surface area (Å²) in [5, 5.41) is 3.10. The SMILES string of the molecule is CCOC(=O)C1CC[NH+](Cc2csc(-c3ccc(OC)c(OC)c3)n2)CC1. The standard InChI is InChI=1S/C20H26N2O4S/c1-4-26-20(23)14-7-9-22(10-8-14)12-16-13-27-19(21-16)15-5-6-17(24-2)18(11-15)25-3/h5-6,11,13-14H,4,7-10,12H2,1-3H3/p+1. The van der Waals surface area contributed by atoms with Crippen LogP contribution in [0.5, 0.6) is 11.5 Å². The van der Waals surface area contributed by atoms with Crippen molar-refractivity contribution in [2.45, 2.75) is 26.3 Å².